The Bertz CT molecular complexity index is 1340. The van der Waals surface area contributed by atoms with Crippen LogP contribution in [0.5, 0.6) is 0 Å². The first kappa shape index (κ1) is 28.1. The van der Waals surface area contributed by atoms with E-state index in [1.807, 2.05) is 19.9 Å². The predicted molar refractivity (Wildman–Crippen MR) is 150 cm³/mol. The molecule has 0 N–H and O–H groups in total. The van der Waals surface area contributed by atoms with Gasteiger partial charge < -0.3 is 14.5 Å². The zero-order chi connectivity index (χ0) is 26.1. The predicted octanol–water partition coefficient (Wildman–Crippen LogP) is 5.50. The molecule has 1 aliphatic heterocycles. The number of hydrogen-bond donors (Lipinski definition) is 0. The highest BCUT2D eigenvalue weighted by Crippen LogP contribution is 2.38. The number of rotatable bonds is 4. The van der Waals surface area contributed by atoms with Gasteiger partial charge in [0.25, 0.3) is 5.91 Å². The molecule has 2 atom stereocenters. The van der Waals surface area contributed by atoms with Crippen molar-refractivity contribution in [2.45, 2.75) is 51.5 Å². The Hall–Kier alpha value is -2.91. The van der Waals surface area contributed by atoms with E-state index in [1.54, 1.807) is 28.0 Å². The van der Waals surface area contributed by atoms with Crippen molar-refractivity contribution in [1.29, 1.82) is 0 Å². The number of halogens is 2. The number of carbonyl (C=O) groups is 2. The van der Waals surface area contributed by atoms with E-state index in [-0.39, 0.29) is 43.3 Å². The van der Waals surface area contributed by atoms with Gasteiger partial charge in [0.1, 0.15) is 5.82 Å². The summed E-state index contributed by atoms with van der Waals surface area (Å²) in [6, 6.07) is 8.50. The maximum absolute atomic E-state index is 13.4. The molecule has 2 aliphatic rings. The van der Waals surface area contributed by atoms with Crippen molar-refractivity contribution in [3.05, 3.63) is 69.9 Å². The fourth-order valence-corrected chi connectivity index (χ4v) is 5.64. The Labute approximate surface area is 233 Å². The van der Waals surface area contributed by atoms with Gasteiger partial charge in [-0.2, -0.15) is 13.5 Å². The fourth-order valence-electron chi connectivity index (χ4n) is 5.27. The lowest BCUT2D eigenvalue weighted by atomic mass is 9.84. The first-order valence-corrected chi connectivity index (χ1v) is 13.2. The van der Waals surface area contributed by atoms with Crippen molar-refractivity contribution in [1.82, 2.24) is 19.8 Å². The largest absolute Gasteiger partial charge is 0.449 e. The van der Waals surface area contributed by atoms with E-state index in [0.29, 0.717) is 48.8 Å². The molecule has 3 heterocycles. The van der Waals surface area contributed by atoms with Gasteiger partial charge in [-0.1, -0.05) is 24.6 Å². The minimum atomic E-state index is -0.350. The van der Waals surface area contributed by atoms with Gasteiger partial charge in [-0.15, -0.1) is 0 Å². The van der Waals surface area contributed by atoms with Crippen molar-refractivity contribution in [3.63, 3.8) is 0 Å². The van der Waals surface area contributed by atoms with Gasteiger partial charge in [0.2, 0.25) is 0 Å². The average molecular weight is 559 g/mol. The van der Waals surface area contributed by atoms with Gasteiger partial charge in [0.15, 0.2) is 0 Å². The Morgan fingerprint density at radius 1 is 1.21 bits per heavy atom. The van der Waals surface area contributed by atoms with Crippen molar-refractivity contribution in [3.8, 4) is 0 Å². The van der Waals surface area contributed by atoms with Crippen molar-refractivity contribution >= 4 is 48.0 Å². The smallest absolute Gasteiger partial charge is 0.409 e. The summed E-state index contributed by atoms with van der Waals surface area (Å²) in [6.07, 6.45) is 3.99. The number of piperazine rings is 1. The van der Waals surface area contributed by atoms with Gasteiger partial charge in [-0.25, -0.2) is 9.18 Å². The van der Waals surface area contributed by atoms with E-state index in [9.17, 15) is 14.0 Å². The molecule has 0 radical (unpaired) electrons. The van der Waals surface area contributed by atoms with Crippen molar-refractivity contribution in [2.24, 2.45) is 0 Å². The number of nitrogens with zero attached hydrogens (tertiary/aromatic N) is 4. The van der Waals surface area contributed by atoms with Crippen LogP contribution >= 0.6 is 25.1 Å². The average Bonchev–Trinajstić information content (AvgIpc) is 2.91. The monoisotopic (exact) mass is 558 g/mol. The first-order chi connectivity index (χ1) is 17.9. The lowest BCUT2D eigenvalue weighted by Gasteiger charge is -2.39. The lowest BCUT2D eigenvalue weighted by molar-refractivity contribution is 0.0414. The second-order valence-corrected chi connectivity index (χ2v) is 10.2. The van der Waals surface area contributed by atoms with Crippen LogP contribution in [0.1, 0.15) is 59.9 Å². The van der Waals surface area contributed by atoms with E-state index in [0.717, 1.165) is 41.6 Å². The summed E-state index contributed by atoms with van der Waals surface area (Å²) in [7, 11) is 0. The van der Waals surface area contributed by atoms with Crippen LogP contribution < -0.4 is 0 Å². The summed E-state index contributed by atoms with van der Waals surface area (Å²) in [6.45, 7) is 5.58. The lowest BCUT2D eigenvalue weighted by Crippen LogP contribution is -2.55. The number of aromatic nitrogens is 2. The Morgan fingerprint density at radius 2 is 2.03 bits per heavy atom. The molecule has 2 aromatic heterocycles. The molecule has 0 saturated carbocycles. The summed E-state index contributed by atoms with van der Waals surface area (Å²) in [5, 5.41) is 1.50. The summed E-state index contributed by atoms with van der Waals surface area (Å²) in [5.41, 5.74) is 4.00. The van der Waals surface area contributed by atoms with E-state index in [2.05, 4.69) is 4.98 Å². The highest BCUT2D eigenvalue weighted by Gasteiger charge is 2.31. The maximum atomic E-state index is 13.4. The molecular formula is C28H32ClFN4O3S. The minimum Gasteiger partial charge on any atom is -0.449 e. The highest BCUT2D eigenvalue weighted by atomic mass is 35.5. The van der Waals surface area contributed by atoms with Gasteiger partial charge >= 0.3 is 6.09 Å². The molecule has 0 spiro atoms. The van der Waals surface area contributed by atoms with Crippen LogP contribution in [0.25, 0.3) is 10.9 Å². The molecule has 1 aromatic carbocycles. The molecule has 202 valence electrons. The molecule has 10 heteroatoms. The Morgan fingerprint density at radius 3 is 2.74 bits per heavy atom. The number of hydrogen-bond acceptors (Lipinski definition) is 5. The van der Waals surface area contributed by atoms with E-state index in [1.165, 1.54) is 12.3 Å². The summed E-state index contributed by atoms with van der Waals surface area (Å²) in [4.78, 5) is 38.3. The topological polar surface area (TPSA) is 75.6 Å². The first-order valence-electron chi connectivity index (χ1n) is 12.8. The fraction of sp³-hybridized carbons (Fsp3) is 0.429. The van der Waals surface area contributed by atoms with Gasteiger partial charge in [-0.05, 0) is 62.4 Å². The van der Waals surface area contributed by atoms with Crippen LogP contribution in [-0.4, -0.2) is 64.1 Å². The van der Waals surface area contributed by atoms with Gasteiger partial charge in [0.05, 0.1) is 23.3 Å². The van der Waals surface area contributed by atoms with Crippen LogP contribution in [0.3, 0.4) is 0 Å². The number of benzene rings is 1. The van der Waals surface area contributed by atoms with Crippen molar-refractivity contribution in [2.75, 3.05) is 26.2 Å². The summed E-state index contributed by atoms with van der Waals surface area (Å²) >= 11 is 6.81. The van der Waals surface area contributed by atoms with Gasteiger partial charge in [0, 0.05) is 53.9 Å². The molecule has 7 nitrogen and oxygen atoms in total. The second kappa shape index (κ2) is 11.9. The number of amides is 2. The van der Waals surface area contributed by atoms with Crippen molar-refractivity contribution < 1.29 is 18.7 Å². The molecule has 0 bridgehead atoms. The molecule has 1 aliphatic carbocycles. The summed E-state index contributed by atoms with van der Waals surface area (Å²) < 4.78 is 18.6. The van der Waals surface area contributed by atoms with Gasteiger partial charge in [-0.3, -0.25) is 14.8 Å². The molecule has 1 fully saturated rings. The Balaban J connectivity index is 0.00000336. The molecule has 2 unspecified atom stereocenters. The number of carbonyl (C=O) groups excluding carboxylic acids is 2. The normalized spacial score (nSPS) is 19.1. The number of ether oxygens (including phenoxy) is 1. The maximum Gasteiger partial charge on any atom is 0.409 e. The van der Waals surface area contributed by atoms with Crippen LogP contribution in [0.15, 0.2) is 36.5 Å². The molecule has 5 rings (SSSR count). The number of pyridine rings is 2. The van der Waals surface area contributed by atoms with Crippen LogP contribution in [0.4, 0.5) is 9.18 Å². The molecular weight excluding hydrogens is 527 g/mol. The van der Waals surface area contributed by atoms with Crippen LogP contribution in [0, 0.1) is 5.82 Å². The number of fused-ring (bicyclic) bond motifs is 2. The van der Waals surface area contributed by atoms with Crippen LogP contribution in [0.2, 0.25) is 5.02 Å². The second-order valence-electron chi connectivity index (χ2n) is 9.83. The van der Waals surface area contributed by atoms with E-state index < -0.39 is 0 Å². The molecule has 38 heavy (non-hydrogen) atoms. The quantitative estimate of drug-likeness (QED) is 0.422. The summed E-state index contributed by atoms with van der Waals surface area (Å²) in [5.74, 6) is -0.309. The SMILES string of the molecule is CCCOC(=O)N1CCN(C(=O)c2ccc3c(Cl)c4c(nc3c2)CC(c2ccc(F)cn2)CC4)C(C)C1.S. The minimum absolute atomic E-state index is 0. The highest BCUT2D eigenvalue weighted by molar-refractivity contribution is 7.59. The third kappa shape index (κ3) is 5.59. The zero-order valence-electron chi connectivity index (χ0n) is 21.5. The van der Waals surface area contributed by atoms with E-state index in [4.69, 9.17) is 21.3 Å². The Kier molecular flexibility index (Phi) is 8.78. The zero-order valence-corrected chi connectivity index (χ0v) is 23.3. The standard InChI is InChI=1S/C28H30ClFN4O3.H2S/c1-3-12-37-28(36)33-10-11-34(17(2)16-33)27(35)19-5-8-22-25(14-19)32-24-13-18(4-7-21(24)26(22)29)23-9-6-20(30)15-31-23;/h5-6,8-9,14-15,17-18H,3-4,7,10-13,16H2,1-2H3;1H2. The third-order valence-corrected chi connectivity index (χ3v) is 7.71. The molecule has 2 amide bonds. The van der Waals surface area contributed by atoms with E-state index >= 15 is 0 Å². The molecule has 1 saturated heterocycles. The van der Waals surface area contributed by atoms with Crippen LogP contribution in [-0.2, 0) is 17.6 Å². The third-order valence-electron chi connectivity index (χ3n) is 7.28. The molecule has 3 aromatic rings.